The standard InChI is InChI=1S/C25H28O3/c1-17(2)27-23-11-7-10-21(24(23)25(26)28-18(3)4)15-13-19-12-14-20-8-5-6-9-22(20)16-19/h5-12,14,16-18H,13,15H2,1-4H3. The summed E-state index contributed by atoms with van der Waals surface area (Å²) in [6.45, 7) is 7.63. The third-order valence-corrected chi connectivity index (χ3v) is 4.52. The number of carbonyl (C=O) groups excluding carboxylic acids is 1. The maximum absolute atomic E-state index is 12.8. The van der Waals surface area contributed by atoms with Crippen LogP contribution in [0.5, 0.6) is 5.75 Å². The Morgan fingerprint density at radius 1 is 0.821 bits per heavy atom. The van der Waals surface area contributed by atoms with Gasteiger partial charge in [0, 0.05) is 0 Å². The number of esters is 1. The number of fused-ring (bicyclic) bond motifs is 1. The van der Waals surface area contributed by atoms with Crippen molar-refractivity contribution in [2.75, 3.05) is 0 Å². The fourth-order valence-corrected chi connectivity index (χ4v) is 3.32. The summed E-state index contributed by atoms with van der Waals surface area (Å²) in [4.78, 5) is 12.8. The predicted octanol–water partition coefficient (Wildman–Crippen LogP) is 5.98. The number of ether oxygens (including phenoxy) is 2. The summed E-state index contributed by atoms with van der Waals surface area (Å²) in [7, 11) is 0. The van der Waals surface area contributed by atoms with Gasteiger partial charge in [-0.15, -0.1) is 0 Å². The lowest BCUT2D eigenvalue weighted by molar-refractivity contribution is 0.0370. The summed E-state index contributed by atoms with van der Waals surface area (Å²) >= 11 is 0. The van der Waals surface area contributed by atoms with Crippen molar-refractivity contribution in [2.24, 2.45) is 0 Å². The molecular weight excluding hydrogens is 348 g/mol. The fraction of sp³-hybridized carbons (Fsp3) is 0.320. The van der Waals surface area contributed by atoms with Crippen molar-refractivity contribution < 1.29 is 14.3 Å². The normalized spacial score (nSPS) is 11.2. The van der Waals surface area contributed by atoms with Crippen LogP contribution in [0.4, 0.5) is 0 Å². The minimum Gasteiger partial charge on any atom is -0.490 e. The summed E-state index contributed by atoms with van der Waals surface area (Å²) in [6.07, 6.45) is 1.41. The minimum atomic E-state index is -0.320. The summed E-state index contributed by atoms with van der Waals surface area (Å²) in [5.74, 6) is 0.274. The molecule has 0 aromatic heterocycles. The largest absolute Gasteiger partial charge is 0.490 e. The molecule has 0 spiro atoms. The minimum absolute atomic E-state index is 0.0127. The molecule has 0 radical (unpaired) electrons. The van der Waals surface area contributed by atoms with E-state index in [1.807, 2.05) is 45.9 Å². The summed E-state index contributed by atoms with van der Waals surface area (Å²) in [6, 6.07) is 20.7. The molecule has 0 aliphatic carbocycles. The topological polar surface area (TPSA) is 35.5 Å². The second-order valence-corrected chi connectivity index (χ2v) is 7.59. The highest BCUT2D eigenvalue weighted by atomic mass is 16.5. The molecule has 3 aromatic rings. The van der Waals surface area contributed by atoms with E-state index >= 15 is 0 Å². The Labute approximate surface area is 167 Å². The number of rotatable bonds is 7. The van der Waals surface area contributed by atoms with Crippen LogP contribution in [0.15, 0.2) is 60.7 Å². The first-order chi connectivity index (χ1) is 13.4. The average Bonchev–Trinajstić information content (AvgIpc) is 2.65. The van der Waals surface area contributed by atoms with Gasteiger partial charge in [-0.3, -0.25) is 0 Å². The van der Waals surface area contributed by atoms with Gasteiger partial charge in [0.05, 0.1) is 12.2 Å². The lowest BCUT2D eigenvalue weighted by Crippen LogP contribution is -2.17. The Balaban J connectivity index is 1.87. The van der Waals surface area contributed by atoms with Crippen LogP contribution >= 0.6 is 0 Å². The van der Waals surface area contributed by atoms with E-state index in [4.69, 9.17) is 9.47 Å². The molecule has 0 amide bonds. The molecule has 0 unspecified atom stereocenters. The highest BCUT2D eigenvalue weighted by Crippen LogP contribution is 2.27. The zero-order valence-electron chi connectivity index (χ0n) is 17.1. The Morgan fingerprint density at radius 2 is 1.57 bits per heavy atom. The monoisotopic (exact) mass is 376 g/mol. The van der Waals surface area contributed by atoms with E-state index < -0.39 is 0 Å². The van der Waals surface area contributed by atoms with Crippen LogP contribution in [-0.4, -0.2) is 18.2 Å². The van der Waals surface area contributed by atoms with E-state index in [0.717, 1.165) is 18.4 Å². The van der Waals surface area contributed by atoms with Crippen LogP contribution in [0.1, 0.15) is 49.2 Å². The zero-order chi connectivity index (χ0) is 20.1. The van der Waals surface area contributed by atoms with Gasteiger partial charge in [0.1, 0.15) is 11.3 Å². The van der Waals surface area contributed by atoms with Gasteiger partial charge in [0.25, 0.3) is 0 Å². The maximum Gasteiger partial charge on any atom is 0.342 e. The molecule has 0 fully saturated rings. The molecule has 0 bridgehead atoms. The van der Waals surface area contributed by atoms with E-state index in [2.05, 4.69) is 42.5 Å². The number of benzene rings is 3. The molecular formula is C25H28O3. The van der Waals surface area contributed by atoms with Gasteiger partial charge in [-0.25, -0.2) is 4.79 Å². The summed E-state index contributed by atoms with van der Waals surface area (Å²) in [5, 5.41) is 2.47. The van der Waals surface area contributed by atoms with Crippen molar-refractivity contribution in [3.8, 4) is 5.75 Å². The van der Waals surface area contributed by atoms with Crippen molar-refractivity contribution in [2.45, 2.75) is 52.7 Å². The van der Waals surface area contributed by atoms with Gasteiger partial charge in [-0.05, 0) is 68.5 Å². The maximum atomic E-state index is 12.8. The van der Waals surface area contributed by atoms with E-state index in [1.54, 1.807) is 0 Å². The Kier molecular flexibility index (Phi) is 6.35. The predicted molar refractivity (Wildman–Crippen MR) is 114 cm³/mol. The zero-order valence-corrected chi connectivity index (χ0v) is 17.1. The Morgan fingerprint density at radius 3 is 2.29 bits per heavy atom. The highest BCUT2D eigenvalue weighted by molar-refractivity contribution is 5.94. The number of carbonyl (C=O) groups is 1. The van der Waals surface area contributed by atoms with Gasteiger partial charge in [0.2, 0.25) is 0 Å². The van der Waals surface area contributed by atoms with Crippen molar-refractivity contribution in [1.82, 2.24) is 0 Å². The molecule has 3 heteroatoms. The number of hydrogen-bond donors (Lipinski definition) is 0. The average molecular weight is 376 g/mol. The lowest BCUT2D eigenvalue weighted by Gasteiger charge is -2.18. The van der Waals surface area contributed by atoms with Gasteiger partial charge in [-0.1, -0.05) is 54.6 Å². The van der Waals surface area contributed by atoms with E-state index in [-0.39, 0.29) is 18.2 Å². The number of hydrogen-bond acceptors (Lipinski definition) is 3. The highest BCUT2D eigenvalue weighted by Gasteiger charge is 2.20. The van der Waals surface area contributed by atoms with E-state index in [9.17, 15) is 4.79 Å². The molecule has 0 heterocycles. The van der Waals surface area contributed by atoms with Crippen LogP contribution < -0.4 is 4.74 Å². The molecule has 0 aliphatic heterocycles. The van der Waals surface area contributed by atoms with Crippen LogP contribution in [0.25, 0.3) is 10.8 Å². The van der Waals surface area contributed by atoms with Crippen molar-refractivity contribution in [3.05, 3.63) is 77.4 Å². The Hall–Kier alpha value is -2.81. The van der Waals surface area contributed by atoms with Crippen LogP contribution in [0, 0.1) is 0 Å². The van der Waals surface area contributed by atoms with Crippen LogP contribution in [-0.2, 0) is 17.6 Å². The molecule has 3 nitrogen and oxygen atoms in total. The first-order valence-electron chi connectivity index (χ1n) is 9.91. The van der Waals surface area contributed by atoms with E-state index in [0.29, 0.717) is 11.3 Å². The van der Waals surface area contributed by atoms with Crippen molar-refractivity contribution >= 4 is 16.7 Å². The van der Waals surface area contributed by atoms with Gasteiger partial charge >= 0.3 is 5.97 Å². The summed E-state index contributed by atoms with van der Waals surface area (Å²) < 4.78 is 11.4. The quantitative estimate of drug-likeness (QED) is 0.476. The molecule has 0 N–H and O–H groups in total. The second-order valence-electron chi connectivity index (χ2n) is 7.59. The smallest absolute Gasteiger partial charge is 0.342 e. The van der Waals surface area contributed by atoms with Gasteiger partial charge in [-0.2, -0.15) is 0 Å². The van der Waals surface area contributed by atoms with Crippen LogP contribution in [0.3, 0.4) is 0 Å². The molecule has 28 heavy (non-hydrogen) atoms. The van der Waals surface area contributed by atoms with E-state index in [1.165, 1.54) is 16.3 Å². The molecule has 0 atom stereocenters. The molecule has 3 aromatic carbocycles. The molecule has 0 aliphatic rings. The first-order valence-corrected chi connectivity index (χ1v) is 9.91. The number of aryl methyl sites for hydroxylation is 2. The van der Waals surface area contributed by atoms with Crippen LogP contribution in [0.2, 0.25) is 0 Å². The molecule has 3 rings (SSSR count). The second kappa shape index (κ2) is 8.92. The molecule has 0 saturated carbocycles. The van der Waals surface area contributed by atoms with Gasteiger partial charge < -0.3 is 9.47 Å². The summed E-state index contributed by atoms with van der Waals surface area (Å²) in [5.41, 5.74) is 2.75. The van der Waals surface area contributed by atoms with Gasteiger partial charge in [0.15, 0.2) is 0 Å². The molecule has 146 valence electrons. The Bertz CT molecular complexity index is 957. The third-order valence-electron chi connectivity index (χ3n) is 4.52. The van der Waals surface area contributed by atoms with Crippen molar-refractivity contribution in [1.29, 1.82) is 0 Å². The van der Waals surface area contributed by atoms with Crippen molar-refractivity contribution in [3.63, 3.8) is 0 Å². The lowest BCUT2D eigenvalue weighted by atomic mass is 9.97. The molecule has 0 saturated heterocycles. The third kappa shape index (κ3) is 4.92. The SMILES string of the molecule is CC(C)OC(=O)c1c(CCc2ccc3ccccc3c2)cccc1OC(C)C. The fourth-order valence-electron chi connectivity index (χ4n) is 3.32. The first kappa shape index (κ1) is 19.9.